The summed E-state index contributed by atoms with van der Waals surface area (Å²) in [5.74, 6) is 0.489. The van der Waals surface area contributed by atoms with Gasteiger partial charge in [0.15, 0.2) is 0 Å². The molecular weight excluding hydrogens is 398 g/mol. The Morgan fingerprint density at radius 1 is 0.967 bits per heavy atom. The molecule has 2 aliphatic heterocycles. The number of nitrogens with one attached hydrogen (secondary N) is 1. The molecule has 2 aromatic carbocycles. The fraction of sp³-hybridized carbons (Fsp3) is 0.417. The number of hydrogen-bond donors (Lipinski definition) is 1. The first-order valence-corrected chi connectivity index (χ1v) is 11.1. The molecule has 0 saturated carbocycles. The Morgan fingerprint density at radius 2 is 1.67 bits per heavy atom. The first-order valence-electron chi connectivity index (χ1n) is 10.8. The van der Waals surface area contributed by atoms with Crippen LogP contribution in [0.2, 0.25) is 5.02 Å². The molecule has 2 fully saturated rings. The highest BCUT2D eigenvalue weighted by Crippen LogP contribution is 2.31. The van der Waals surface area contributed by atoms with Crippen molar-refractivity contribution in [2.45, 2.75) is 32.6 Å². The molecular formula is C24H28ClN3O2. The Labute approximate surface area is 183 Å². The van der Waals surface area contributed by atoms with Crippen molar-refractivity contribution in [3.63, 3.8) is 0 Å². The third-order valence-corrected chi connectivity index (χ3v) is 6.45. The fourth-order valence-corrected chi connectivity index (χ4v) is 4.47. The Balaban J connectivity index is 1.62. The van der Waals surface area contributed by atoms with Gasteiger partial charge in [0.1, 0.15) is 0 Å². The van der Waals surface area contributed by atoms with Gasteiger partial charge in [-0.3, -0.25) is 9.59 Å². The van der Waals surface area contributed by atoms with E-state index in [0.717, 1.165) is 57.5 Å². The molecule has 2 aliphatic rings. The van der Waals surface area contributed by atoms with Gasteiger partial charge < -0.3 is 15.1 Å². The summed E-state index contributed by atoms with van der Waals surface area (Å²) in [6.07, 6.45) is 4.35. The first kappa shape index (κ1) is 20.7. The number of amides is 2. The molecule has 5 nitrogen and oxygen atoms in total. The topological polar surface area (TPSA) is 52.7 Å². The lowest BCUT2D eigenvalue weighted by Gasteiger charge is -2.34. The second kappa shape index (κ2) is 9.09. The zero-order chi connectivity index (χ0) is 21.1. The van der Waals surface area contributed by atoms with Crippen molar-refractivity contribution in [1.82, 2.24) is 4.90 Å². The molecule has 0 spiro atoms. The number of halogens is 1. The predicted octanol–water partition coefficient (Wildman–Crippen LogP) is 5.06. The van der Waals surface area contributed by atoms with Gasteiger partial charge in [0.25, 0.3) is 11.8 Å². The molecule has 2 saturated heterocycles. The van der Waals surface area contributed by atoms with Gasteiger partial charge in [0, 0.05) is 37.6 Å². The minimum atomic E-state index is -0.278. The number of carbonyl (C=O) groups excluding carboxylic acids is 2. The van der Waals surface area contributed by atoms with Crippen LogP contribution in [0.5, 0.6) is 0 Å². The van der Waals surface area contributed by atoms with Crippen molar-refractivity contribution in [3.05, 3.63) is 58.6 Å². The number of hydrogen-bond acceptors (Lipinski definition) is 3. The first-order chi connectivity index (χ1) is 14.5. The van der Waals surface area contributed by atoms with Gasteiger partial charge in [0.2, 0.25) is 0 Å². The summed E-state index contributed by atoms with van der Waals surface area (Å²) in [5.41, 5.74) is 2.66. The largest absolute Gasteiger partial charge is 0.371 e. The number of anilines is 2. The van der Waals surface area contributed by atoms with E-state index in [9.17, 15) is 9.59 Å². The molecule has 0 aliphatic carbocycles. The van der Waals surface area contributed by atoms with Crippen LogP contribution in [0.15, 0.2) is 42.5 Å². The molecule has 2 amide bonds. The van der Waals surface area contributed by atoms with Gasteiger partial charge in [-0.25, -0.2) is 0 Å². The molecule has 2 aromatic rings. The number of piperidine rings is 1. The zero-order valence-electron chi connectivity index (χ0n) is 17.4. The molecule has 0 aromatic heterocycles. The zero-order valence-corrected chi connectivity index (χ0v) is 18.1. The number of likely N-dealkylation sites (tertiary alicyclic amines) is 1. The van der Waals surface area contributed by atoms with Crippen LogP contribution in [0.3, 0.4) is 0 Å². The van der Waals surface area contributed by atoms with Gasteiger partial charge in [-0.15, -0.1) is 0 Å². The number of benzene rings is 2. The Hall–Kier alpha value is -2.53. The maximum absolute atomic E-state index is 13.3. The van der Waals surface area contributed by atoms with Crippen molar-refractivity contribution in [2.75, 3.05) is 36.4 Å². The third kappa shape index (κ3) is 4.46. The Bertz CT molecular complexity index is 932. The molecule has 1 N–H and O–H groups in total. The average molecular weight is 426 g/mol. The van der Waals surface area contributed by atoms with E-state index in [-0.39, 0.29) is 11.8 Å². The molecule has 0 radical (unpaired) electrons. The van der Waals surface area contributed by atoms with Crippen molar-refractivity contribution in [2.24, 2.45) is 5.92 Å². The van der Waals surface area contributed by atoms with E-state index in [1.54, 1.807) is 24.3 Å². The molecule has 4 rings (SSSR count). The summed E-state index contributed by atoms with van der Waals surface area (Å²) >= 11 is 6.16. The van der Waals surface area contributed by atoms with Crippen molar-refractivity contribution < 1.29 is 9.59 Å². The molecule has 30 heavy (non-hydrogen) atoms. The lowest BCUT2D eigenvalue weighted by Crippen LogP contribution is -2.35. The summed E-state index contributed by atoms with van der Waals surface area (Å²) < 4.78 is 0. The quantitative estimate of drug-likeness (QED) is 0.744. The molecule has 0 atom stereocenters. The number of carbonyl (C=O) groups is 2. The highest BCUT2D eigenvalue weighted by molar-refractivity contribution is 6.34. The predicted molar refractivity (Wildman–Crippen MR) is 122 cm³/mol. The lowest BCUT2D eigenvalue weighted by molar-refractivity contribution is 0.0793. The van der Waals surface area contributed by atoms with Crippen molar-refractivity contribution in [1.29, 1.82) is 0 Å². The van der Waals surface area contributed by atoms with Crippen LogP contribution in [0.1, 0.15) is 53.3 Å². The van der Waals surface area contributed by atoms with Crippen LogP contribution in [0.25, 0.3) is 0 Å². The van der Waals surface area contributed by atoms with E-state index in [4.69, 9.17) is 11.6 Å². The van der Waals surface area contributed by atoms with E-state index in [1.807, 2.05) is 23.1 Å². The van der Waals surface area contributed by atoms with Gasteiger partial charge in [-0.1, -0.05) is 30.7 Å². The maximum atomic E-state index is 13.3. The van der Waals surface area contributed by atoms with Crippen LogP contribution in [-0.2, 0) is 0 Å². The minimum absolute atomic E-state index is 0.0509. The van der Waals surface area contributed by atoms with Crippen LogP contribution < -0.4 is 10.2 Å². The summed E-state index contributed by atoms with van der Waals surface area (Å²) in [6, 6.07) is 12.6. The third-order valence-electron chi connectivity index (χ3n) is 6.12. The molecule has 6 heteroatoms. The Morgan fingerprint density at radius 3 is 2.37 bits per heavy atom. The van der Waals surface area contributed by atoms with E-state index >= 15 is 0 Å². The highest BCUT2D eigenvalue weighted by Gasteiger charge is 2.26. The Kier molecular flexibility index (Phi) is 6.28. The second-order valence-corrected chi connectivity index (χ2v) is 8.74. The summed E-state index contributed by atoms with van der Waals surface area (Å²) in [5, 5.41) is 3.31. The highest BCUT2D eigenvalue weighted by atomic mass is 35.5. The SMILES string of the molecule is CC1CCN(c2ccc(NC(=O)c3ccccc3Cl)cc2C(=O)N2CCCC2)CC1. The van der Waals surface area contributed by atoms with Crippen LogP contribution in [0, 0.1) is 5.92 Å². The number of nitrogens with zero attached hydrogens (tertiary/aromatic N) is 2. The van der Waals surface area contributed by atoms with E-state index in [0.29, 0.717) is 27.8 Å². The fourth-order valence-electron chi connectivity index (χ4n) is 4.24. The van der Waals surface area contributed by atoms with Gasteiger partial charge in [0.05, 0.1) is 16.1 Å². The molecule has 158 valence electrons. The molecule has 2 heterocycles. The van der Waals surface area contributed by atoms with E-state index < -0.39 is 0 Å². The van der Waals surface area contributed by atoms with Crippen molar-refractivity contribution >= 4 is 34.8 Å². The van der Waals surface area contributed by atoms with Gasteiger partial charge >= 0.3 is 0 Å². The minimum Gasteiger partial charge on any atom is -0.371 e. The standard InChI is InChI=1S/C24H28ClN3O2/c1-17-10-14-27(15-11-17)22-9-8-18(16-20(22)24(30)28-12-4-5-13-28)26-23(29)19-6-2-3-7-21(19)25/h2-3,6-9,16-17H,4-5,10-15H2,1H3,(H,26,29). The summed E-state index contributed by atoms with van der Waals surface area (Å²) in [4.78, 5) is 30.2. The van der Waals surface area contributed by atoms with E-state index in [2.05, 4.69) is 17.1 Å². The van der Waals surface area contributed by atoms with Crippen LogP contribution in [-0.4, -0.2) is 42.9 Å². The summed E-state index contributed by atoms with van der Waals surface area (Å²) in [7, 11) is 0. The summed E-state index contributed by atoms with van der Waals surface area (Å²) in [6.45, 7) is 5.78. The monoisotopic (exact) mass is 425 g/mol. The second-order valence-electron chi connectivity index (χ2n) is 8.33. The average Bonchev–Trinajstić information content (AvgIpc) is 3.29. The lowest BCUT2D eigenvalue weighted by atomic mass is 9.97. The van der Waals surface area contributed by atoms with Crippen LogP contribution >= 0.6 is 11.6 Å². The van der Waals surface area contributed by atoms with Crippen LogP contribution in [0.4, 0.5) is 11.4 Å². The number of rotatable bonds is 4. The smallest absolute Gasteiger partial charge is 0.257 e. The van der Waals surface area contributed by atoms with Gasteiger partial charge in [-0.2, -0.15) is 0 Å². The molecule has 0 unspecified atom stereocenters. The molecule has 0 bridgehead atoms. The maximum Gasteiger partial charge on any atom is 0.257 e. The van der Waals surface area contributed by atoms with Gasteiger partial charge in [-0.05, 0) is 61.9 Å². The normalized spacial score (nSPS) is 17.3. The van der Waals surface area contributed by atoms with E-state index in [1.165, 1.54) is 0 Å². The van der Waals surface area contributed by atoms with Crippen molar-refractivity contribution in [3.8, 4) is 0 Å².